The average Bonchev–Trinajstić information content (AvgIpc) is 3.26. The van der Waals surface area contributed by atoms with E-state index in [4.69, 9.17) is 21.1 Å². The van der Waals surface area contributed by atoms with E-state index in [1.165, 1.54) is 0 Å². The summed E-state index contributed by atoms with van der Waals surface area (Å²) in [4.78, 5) is 26.8. The van der Waals surface area contributed by atoms with E-state index in [0.29, 0.717) is 35.9 Å². The summed E-state index contributed by atoms with van der Waals surface area (Å²) in [6, 6.07) is 11.7. The Kier molecular flexibility index (Phi) is 7.55. The van der Waals surface area contributed by atoms with E-state index in [9.17, 15) is 4.79 Å². The van der Waals surface area contributed by atoms with E-state index in [0.717, 1.165) is 28.0 Å². The number of rotatable bonds is 8. The third-order valence-electron chi connectivity index (χ3n) is 5.88. The van der Waals surface area contributed by atoms with Gasteiger partial charge in [0.2, 0.25) is 17.1 Å². The zero-order valence-electron chi connectivity index (χ0n) is 20.9. The van der Waals surface area contributed by atoms with Crippen LogP contribution in [0.25, 0.3) is 17.2 Å². The number of carbonyl (C=O) groups is 1. The molecule has 8 nitrogen and oxygen atoms in total. The molecule has 2 heterocycles. The molecule has 0 aliphatic carbocycles. The lowest BCUT2D eigenvalue weighted by atomic mass is 10.1. The van der Waals surface area contributed by atoms with Gasteiger partial charge in [0.1, 0.15) is 11.5 Å². The van der Waals surface area contributed by atoms with Crippen molar-refractivity contribution in [3.05, 3.63) is 76.3 Å². The summed E-state index contributed by atoms with van der Waals surface area (Å²) in [5.41, 5.74) is 4.86. The molecule has 0 saturated carbocycles. The molecule has 9 heteroatoms. The van der Waals surface area contributed by atoms with Crippen LogP contribution in [0, 0.1) is 13.8 Å². The summed E-state index contributed by atoms with van der Waals surface area (Å²) in [6.07, 6.45) is 5.08. The molecule has 0 atom stereocenters. The van der Waals surface area contributed by atoms with Crippen LogP contribution in [0.1, 0.15) is 29.2 Å². The van der Waals surface area contributed by atoms with Crippen molar-refractivity contribution < 1.29 is 14.3 Å². The lowest BCUT2D eigenvalue weighted by molar-refractivity contribution is -0.124. The van der Waals surface area contributed by atoms with E-state index in [2.05, 4.69) is 15.0 Å². The number of nitrogens with zero attached hydrogens (tertiary/aromatic N) is 5. The molecule has 4 aromatic rings. The molecule has 0 aliphatic heterocycles. The highest BCUT2D eigenvalue weighted by Crippen LogP contribution is 2.33. The second-order valence-electron chi connectivity index (χ2n) is 8.46. The number of methoxy groups -OCH3 is 1. The number of halogens is 1. The van der Waals surface area contributed by atoms with Crippen molar-refractivity contribution in [3.8, 4) is 17.4 Å². The predicted octanol–water partition coefficient (Wildman–Crippen LogP) is 5.44. The molecule has 0 unspecified atom stereocenters. The summed E-state index contributed by atoms with van der Waals surface area (Å²) < 4.78 is 13.5. The number of imidazole rings is 1. The molecule has 36 heavy (non-hydrogen) atoms. The van der Waals surface area contributed by atoms with Gasteiger partial charge in [-0.25, -0.2) is 4.98 Å². The van der Waals surface area contributed by atoms with Crippen molar-refractivity contribution in [3.63, 3.8) is 0 Å². The standard InChI is InChI=1S/C27H28ClN5O3/c1-6-32(4)22(34)12-9-20-13-17(2)24(18(3)14-20)36-26-23-25(30-27(28)31-26)29-16-33(23)15-19-7-10-21(35-5)11-8-19/h7-14,16H,6,15H2,1-5H3. The quantitative estimate of drug-likeness (QED) is 0.234. The number of fused-ring (bicyclic) bond motifs is 1. The Morgan fingerprint density at radius 2 is 1.83 bits per heavy atom. The van der Waals surface area contributed by atoms with Gasteiger partial charge in [0.15, 0.2) is 11.2 Å². The fourth-order valence-corrected chi connectivity index (χ4v) is 3.98. The molecule has 1 amide bonds. The first-order valence-corrected chi connectivity index (χ1v) is 11.9. The third-order valence-corrected chi connectivity index (χ3v) is 6.04. The number of carbonyl (C=O) groups excluding carboxylic acids is 1. The molecule has 186 valence electrons. The van der Waals surface area contributed by atoms with E-state index >= 15 is 0 Å². The summed E-state index contributed by atoms with van der Waals surface area (Å²) in [6.45, 7) is 7.04. The fraction of sp³-hybridized carbons (Fsp3) is 0.259. The maximum Gasteiger partial charge on any atom is 0.250 e. The number of benzene rings is 2. The first-order chi connectivity index (χ1) is 17.3. The van der Waals surface area contributed by atoms with Gasteiger partial charge >= 0.3 is 0 Å². The number of ether oxygens (including phenoxy) is 2. The van der Waals surface area contributed by atoms with Gasteiger partial charge in [0, 0.05) is 26.2 Å². The molecule has 0 N–H and O–H groups in total. The monoisotopic (exact) mass is 505 g/mol. The minimum atomic E-state index is -0.0451. The van der Waals surface area contributed by atoms with Crippen LogP contribution < -0.4 is 9.47 Å². The summed E-state index contributed by atoms with van der Waals surface area (Å²) >= 11 is 6.20. The lowest BCUT2D eigenvalue weighted by Gasteiger charge is -2.14. The van der Waals surface area contributed by atoms with Gasteiger partial charge in [0.05, 0.1) is 13.4 Å². The average molecular weight is 506 g/mol. The topological polar surface area (TPSA) is 82.4 Å². The Morgan fingerprint density at radius 3 is 2.47 bits per heavy atom. The molecule has 4 rings (SSSR count). The van der Waals surface area contributed by atoms with Crippen LogP contribution in [0.4, 0.5) is 0 Å². The molecule has 2 aromatic carbocycles. The van der Waals surface area contributed by atoms with Crippen LogP contribution in [0.3, 0.4) is 0 Å². The second-order valence-corrected chi connectivity index (χ2v) is 8.80. The molecule has 0 saturated heterocycles. The second kappa shape index (κ2) is 10.8. The Labute approximate surface area is 215 Å². The lowest BCUT2D eigenvalue weighted by Crippen LogP contribution is -2.23. The number of hydrogen-bond acceptors (Lipinski definition) is 6. The molecule has 2 aromatic heterocycles. The van der Waals surface area contributed by atoms with Gasteiger partial charge in [-0.15, -0.1) is 0 Å². The van der Waals surface area contributed by atoms with Crippen LogP contribution in [0.15, 0.2) is 48.8 Å². The first kappa shape index (κ1) is 25.2. The predicted molar refractivity (Wildman–Crippen MR) is 141 cm³/mol. The maximum absolute atomic E-state index is 12.1. The molecule has 0 bridgehead atoms. The van der Waals surface area contributed by atoms with Crippen LogP contribution >= 0.6 is 11.6 Å². The van der Waals surface area contributed by atoms with Crippen molar-refractivity contribution >= 4 is 34.7 Å². The van der Waals surface area contributed by atoms with E-state index in [-0.39, 0.29) is 11.2 Å². The smallest absolute Gasteiger partial charge is 0.250 e. The maximum atomic E-state index is 12.1. The Bertz CT molecular complexity index is 1410. The normalized spacial score (nSPS) is 11.3. The number of aryl methyl sites for hydroxylation is 2. The first-order valence-electron chi connectivity index (χ1n) is 11.5. The van der Waals surface area contributed by atoms with Crippen LogP contribution in [0.5, 0.6) is 17.4 Å². The largest absolute Gasteiger partial charge is 0.497 e. The molecule has 0 radical (unpaired) electrons. The van der Waals surface area contributed by atoms with Crippen molar-refractivity contribution in [2.24, 2.45) is 0 Å². The van der Waals surface area contributed by atoms with E-state index in [1.807, 2.05) is 67.8 Å². The number of hydrogen-bond donors (Lipinski definition) is 0. The molecule has 0 fully saturated rings. The van der Waals surface area contributed by atoms with Gasteiger partial charge < -0.3 is 18.9 Å². The van der Waals surface area contributed by atoms with Crippen LogP contribution in [-0.4, -0.2) is 51.0 Å². The molecule has 0 aliphatic rings. The Morgan fingerprint density at radius 1 is 1.14 bits per heavy atom. The minimum absolute atomic E-state index is 0.0451. The summed E-state index contributed by atoms with van der Waals surface area (Å²) in [7, 11) is 3.41. The third kappa shape index (κ3) is 5.49. The molecule has 0 spiro atoms. The van der Waals surface area contributed by atoms with Crippen LogP contribution in [-0.2, 0) is 11.3 Å². The minimum Gasteiger partial charge on any atom is -0.497 e. The fourth-order valence-electron chi connectivity index (χ4n) is 3.83. The zero-order valence-corrected chi connectivity index (χ0v) is 21.7. The van der Waals surface area contributed by atoms with Gasteiger partial charge in [-0.1, -0.05) is 12.1 Å². The van der Waals surface area contributed by atoms with Gasteiger partial charge in [-0.3, -0.25) is 4.79 Å². The van der Waals surface area contributed by atoms with E-state index < -0.39 is 0 Å². The van der Waals surface area contributed by atoms with Crippen molar-refractivity contribution in [1.82, 2.24) is 24.4 Å². The molecular formula is C27H28ClN5O3. The van der Waals surface area contributed by atoms with Crippen LogP contribution in [0.2, 0.25) is 5.28 Å². The Balaban J connectivity index is 1.66. The van der Waals surface area contributed by atoms with Gasteiger partial charge in [0.25, 0.3) is 0 Å². The van der Waals surface area contributed by atoms with Crippen molar-refractivity contribution in [2.75, 3.05) is 20.7 Å². The van der Waals surface area contributed by atoms with Gasteiger partial charge in [-0.05, 0) is 85.0 Å². The highest BCUT2D eigenvalue weighted by molar-refractivity contribution is 6.28. The highest BCUT2D eigenvalue weighted by Gasteiger charge is 2.18. The number of likely N-dealkylation sites (N-methyl/N-ethyl adjacent to an activating group) is 1. The van der Waals surface area contributed by atoms with E-state index in [1.54, 1.807) is 31.5 Å². The van der Waals surface area contributed by atoms with Gasteiger partial charge in [-0.2, -0.15) is 9.97 Å². The molecular weight excluding hydrogens is 478 g/mol. The van der Waals surface area contributed by atoms with Crippen molar-refractivity contribution in [1.29, 1.82) is 0 Å². The zero-order chi connectivity index (χ0) is 25.8. The number of amides is 1. The SMILES string of the molecule is CCN(C)C(=O)C=Cc1cc(C)c(Oc2nc(Cl)nc3ncn(Cc4ccc(OC)cc4)c23)c(C)c1. The summed E-state index contributed by atoms with van der Waals surface area (Å²) in [5, 5.41) is 0.0561. The summed E-state index contributed by atoms with van der Waals surface area (Å²) in [5.74, 6) is 1.73. The Hall–Kier alpha value is -3.91. The highest BCUT2D eigenvalue weighted by atomic mass is 35.5. The van der Waals surface area contributed by atoms with Crippen molar-refractivity contribution in [2.45, 2.75) is 27.3 Å². The number of aromatic nitrogens is 4.